The van der Waals surface area contributed by atoms with Gasteiger partial charge in [-0.3, -0.25) is 14.7 Å². The lowest BCUT2D eigenvalue weighted by molar-refractivity contribution is -0.117. The Kier molecular flexibility index (Phi) is 4.71. The maximum atomic E-state index is 12.0. The van der Waals surface area contributed by atoms with Gasteiger partial charge in [0, 0.05) is 17.3 Å². The molecule has 6 heteroatoms. The number of H-pyrrole nitrogens is 1. The fourth-order valence-corrected chi connectivity index (χ4v) is 1.78. The van der Waals surface area contributed by atoms with Crippen LogP contribution in [0.2, 0.25) is 0 Å². The predicted octanol–water partition coefficient (Wildman–Crippen LogP) is 1.73. The minimum absolute atomic E-state index is 0.283. The lowest BCUT2D eigenvalue weighted by Gasteiger charge is -2.13. The Balaban J connectivity index is 1.92. The molecular formula is C15H18N4O2. The maximum absolute atomic E-state index is 12.0. The van der Waals surface area contributed by atoms with Crippen LogP contribution in [0, 0.1) is 0 Å². The number of aromatic nitrogens is 2. The molecule has 2 amide bonds. The highest BCUT2D eigenvalue weighted by molar-refractivity contribution is 6.00. The van der Waals surface area contributed by atoms with Gasteiger partial charge in [-0.05, 0) is 25.5 Å². The first-order valence-corrected chi connectivity index (χ1v) is 6.81. The zero-order valence-electron chi connectivity index (χ0n) is 12.0. The summed E-state index contributed by atoms with van der Waals surface area (Å²) in [7, 11) is 0. The monoisotopic (exact) mass is 286 g/mol. The van der Waals surface area contributed by atoms with Crippen LogP contribution in [0.25, 0.3) is 0 Å². The molecule has 21 heavy (non-hydrogen) atoms. The molecule has 0 saturated carbocycles. The largest absolute Gasteiger partial charge is 0.341 e. The van der Waals surface area contributed by atoms with Crippen LogP contribution in [-0.4, -0.2) is 28.1 Å². The number of hydrogen-bond acceptors (Lipinski definition) is 3. The first-order valence-electron chi connectivity index (χ1n) is 6.81. The molecule has 1 unspecified atom stereocenters. The van der Waals surface area contributed by atoms with Crippen molar-refractivity contribution >= 4 is 17.6 Å². The summed E-state index contributed by atoms with van der Waals surface area (Å²) in [5.41, 5.74) is 1.46. The fraction of sp³-hybridized carbons (Fsp3) is 0.267. The van der Waals surface area contributed by atoms with Crippen LogP contribution in [0.15, 0.2) is 36.4 Å². The van der Waals surface area contributed by atoms with Crippen molar-refractivity contribution in [3.05, 3.63) is 47.7 Å². The van der Waals surface area contributed by atoms with Gasteiger partial charge in [0.25, 0.3) is 5.91 Å². The van der Waals surface area contributed by atoms with Gasteiger partial charge < -0.3 is 10.6 Å². The van der Waals surface area contributed by atoms with Gasteiger partial charge in [-0.25, -0.2) is 0 Å². The minimum Gasteiger partial charge on any atom is -0.341 e. The van der Waals surface area contributed by atoms with E-state index in [0.29, 0.717) is 11.4 Å². The van der Waals surface area contributed by atoms with Crippen molar-refractivity contribution in [3.8, 4) is 0 Å². The zero-order valence-corrected chi connectivity index (χ0v) is 12.0. The summed E-state index contributed by atoms with van der Waals surface area (Å²) in [5.74, 6) is -0.138. The summed E-state index contributed by atoms with van der Waals surface area (Å²) in [6, 6.07) is 9.88. The van der Waals surface area contributed by atoms with Gasteiger partial charge in [0.05, 0.1) is 0 Å². The number of amides is 2. The van der Waals surface area contributed by atoms with Gasteiger partial charge in [0.2, 0.25) is 5.91 Å². The van der Waals surface area contributed by atoms with Gasteiger partial charge >= 0.3 is 0 Å². The van der Waals surface area contributed by atoms with Crippen LogP contribution in [0.3, 0.4) is 0 Å². The molecule has 0 aliphatic carbocycles. The van der Waals surface area contributed by atoms with Gasteiger partial charge in [-0.15, -0.1) is 0 Å². The van der Waals surface area contributed by atoms with Gasteiger partial charge in [-0.2, -0.15) is 5.10 Å². The molecule has 1 atom stereocenters. The van der Waals surface area contributed by atoms with E-state index >= 15 is 0 Å². The molecule has 110 valence electrons. The second-order valence-electron chi connectivity index (χ2n) is 4.68. The van der Waals surface area contributed by atoms with Crippen LogP contribution in [0.1, 0.15) is 29.9 Å². The van der Waals surface area contributed by atoms with Gasteiger partial charge in [0.15, 0.2) is 5.82 Å². The summed E-state index contributed by atoms with van der Waals surface area (Å²) < 4.78 is 0. The van der Waals surface area contributed by atoms with E-state index in [1.165, 1.54) is 0 Å². The third-order valence-electron chi connectivity index (χ3n) is 3.04. The zero-order chi connectivity index (χ0) is 15.2. The lowest BCUT2D eigenvalue weighted by atomic mass is 10.2. The predicted molar refractivity (Wildman–Crippen MR) is 80.0 cm³/mol. The summed E-state index contributed by atoms with van der Waals surface area (Å²) in [6.07, 6.45) is 0.809. The Morgan fingerprint density at radius 3 is 2.62 bits per heavy atom. The summed E-state index contributed by atoms with van der Waals surface area (Å²) >= 11 is 0. The van der Waals surface area contributed by atoms with E-state index in [9.17, 15) is 9.59 Å². The quantitative estimate of drug-likeness (QED) is 0.782. The summed E-state index contributed by atoms with van der Waals surface area (Å²) in [5, 5.41) is 12.1. The Hall–Kier alpha value is -2.63. The van der Waals surface area contributed by atoms with E-state index in [4.69, 9.17) is 0 Å². The molecule has 2 rings (SSSR count). The van der Waals surface area contributed by atoms with Crippen molar-refractivity contribution in [2.75, 3.05) is 5.32 Å². The fourth-order valence-electron chi connectivity index (χ4n) is 1.78. The molecule has 0 saturated heterocycles. The first-order chi connectivity index (χ1) is 10.1. The number of aromatic amines is 1. The Morgan fingerprint density at radius 2 is 2.00 bits per heavy atom. The molecular weight excluding hydrogens is 268 g/mol. The highest BCUT2D eigenvalue weighted by Crippen LogP contribution is 2.06. The standard InChI is InChI=1S/C15H18N4O2/c1-3-12-9-13(19-18-12)17-14(20)10(2)16-15(21)11-7-5-4-6-8-11/h4-10H,3H2,1-2H3,(H,16,21)(H2,17,18,19,20). The number of anilines is 1. The molecule has 1 heterocycles. The third kappa shape index (κ3) is 3.92. The van der Waals surface area contributed by atoms with Crippen molar-refractivity contribution in [1.29, 1.82) is 0 Å². The van der Waals surface area contributed by atoms with Crippen molar-refractivity contribution in [3.63, 3.8) is 0 Å². The second kappa shape index (κ2) is 6.69. The molecule has 0 aliphatic rings. The third-order valence-corrected chi connectivity index (χ3v) is 3.04. The maximum Gasteiger partial charge on any atom is 0.251 e. The SMILES string of the molecule is CCc1cc(NC(=O)C(C)NC(=O)c2ccccc2)n[nH]1. The van der Waals surface area contributed by atoms with Crippen molar-refractivity contribution in [2.45, 2.75) is 26.3 Å². The Bertz CT molecular complexity index is 622. The Morgan fingerprint density at radius 1 is 1.29 bits per heavy atom. The van der Waals surface area contributed by atoms with Crippen LogP contribution >= 0.6 is 0 Å². The highest BCUT2D eigenvalue weighted by Gasteiger charge is 2.17. The molecule has 0 spiro atoms. The topological polar surface area (TPSA) is 86.9 Å². The van der Waals surface area contributed by atoms with E-state index in [1.54, 1.807) is 37.3 Å². The van der Waals surface area contributed by atoms with E-state index in [1.807, 2.05) is 13.0 Å². The summed E-state index contributed by atoms with van der Waals surface area (Å²) in [4.78, 5) is 23.9. The number of hydrogen-bond donors (Lipinski definition) is 3. The van der Waals surface area contributed by atoms with Gasteiger partial charge in [0.1, 0.15) is 6.04 Å². The second-order valence-corrected chi connectivity index (χ2v) is 4.68. The molecule has 0 aliphatic heterocycles. The van der Waals surface area contributed by atoms with Crippen LogP contribution in [-0.2, 0) is 11.2 Å². The molecule has 6 nitrogen and oxygen atoms in total. The molecule has 0 radical (unpaired) electrons. The number of benzene rings is 1. The first kappa shape index (κ1) is 14.8. The number of nitrogens with one attached hydrogen (secondary N) is 3. The number of nitrogens with zero attached hydrogens (tertiary/aromatic N) is 1. The van der Waals surface area contributed by atoms with Crippen molar-refractivity contribution < 1.29 is 9.59 Å². The van der Waals surface area contributed by atoms with E-state index in [-0.39, 0.29) is 11.8 Å². The molecule has 2 aromatic rings. The molecule has 1 aromatic carbocycles. The van der Waals surface area contributed by atoms with E-state index in [0.717, 1.165) is 12.1 Å². The van der Waals surface area contributed by atoms with Crippen LogP contribution < -0.4 is 10.6 Å². The van der Waals surface area contributed by atoms with E-state index < -0.39 is 6.04 Å². The van der Waals surface area contributed by atoms with Gasteiger partial charge in [-0.1, -0.05) is 25.1 Å². The smallest absolute Gasteiger partial charge is 0.251 e. The van der Waals surface area contributed by atoms with Crippen LogP contribution in [0.5, 0.6) is 0 Å². The van der Waals surface area contributed by atoms with Crippen molar-refractivity contribution in [2.24, 2.45) is 0 Å². The average Bonchev–Trinajstić information content (AvgIpc) is 2.95. The normalized spacial score (nSPS) is 11.7. The lowest BCUT2D eigenvalue weighted by Crippen LogP contribution is -2.41. The Labute approximate surface area is 122 Å². The highest BCUT2D eigenvalue weighted by atomic mass is 16.2. The molecule has 1 aromatic heterocycles. The summed E-state index contributed by atoms with van der Waals surface area (Å²) in [6.45, 7) is 3.62. The molecule has 0 bridgehead atoms. The number of carbonyl (C=O) groups excluding carboxylic acids is 2. The molecule has 0 fully saturated rings. The number of aryl methyl sites for hydroxylation is 1. The minimum atomic E-state index is -0.653. The van der Waals surface area contributed by atoms with Crippen LogP contribution in [0.4, 0.5) is 5.82 Å². The number of carbonyl (C=O) groups is 2. The molecule has 3 N–H and O–H groups in total. The van der Waals surface area contributed by atoms with Crippen molar-refractivity contribution in [1.82, 2.24) is 15.5 Å². The average molecular weight is 286 g/mol. The number of rotatable bonds is 5. The van der Waals surface area contributed by atoms with E-state index in [2.05, 4.69) is 20.8 Å².